The Morgan fingerprint density at radius 2 is 1.93 bits per heavy atom. The monoisotopic (exact) mass is 403 g/mol. The van der Waals surface area contributed by atoms with Gasteiger partial charge in [-0.25, -0.2) is 4.98 Å². The molecule has 1 heterocycles. The molecule has 27 heavy (non-hydrogen) atoms. The van der Waals surface area contributed by atoms with Crippen molar-refractivity contribution >= 4 is 23.4 Å². The Bertz CT molecular complexity index is 591. The van der Waals surface area contributed by atoms with Gasteiger partial charge in [0.1, 0.15) is 6.26 Å². The molecular formula is C18H30ClN3O5. The van der Waals surface area contributed by atoms with Crippen LogP contribution in [0.5, 0.6) is 0 Å². The molecule has 0 unspecified atom stereocenters. The fourth-order valence-electron chi connectivity index (χ4n) is 2.30. The Kier molecular flexibility index (Phi) is 10.4. The van der Waals surface area contributed by atoms with Gasteiger partial charge in [0.25, 0.3) is 5.91 Å². The minimum Gasteiger partial charge on any atom is -0.446 e. The van der Waals surface area contributed by atoms with Gasteiger partial charge < -0.3 is 24.1 Å². The maximum absolute atomic E-state index is 12.8. The number of nitrogens with zero attached hydrogens (tertiary/aromatic N) is 2. The number of carbonyl (C=O) groups excluding carboxylic acids is 2. The summed E-state index contributed by atoms with van der Waals surface area (Å²) in [7, 11) is 3.22. The molecule has 0 saturated carbocycles. The average molecular weight is 404 g/mol. The van der Waals surface area contributed by atoms with Crippen LogP contribution in [0.2, 0.25) is 0 Å². The van der Waals surface area contributed by atoms with Gasteiger partial charge in [-0.2, -0.15) is 0 Å². The van der Waals surface area contributed by atoms with Gasteiger partial charge in [0.15, 0.2) is 5.69 Å². The fraction of sp³-hybridized carbons (Fsp3) is 0.722. The highest BCUT2D eigenvalue weighted by Gasteiger charge is 2.32. The van der Waals surface area contributed by atoms with Crippen LogP contribution < -0.4 is 5.32 Å². The first-order valence-corrected chi connectivity index (χ1v) is 9.45. The SMILES string of the molecule is COCCCNC(=O)c1coc(CN(CCCOC)C(=O)C(C)(C)CCl)n1. The number of nitrogens with one attached hydrogen (secondary N) is 1. The maximum Gasteiger partial charge on any atom is 0.273 e. The zero-order valence-electron chi connectivity index (χ0n) is 16.5. The van der Waals surface area contributed by atoms with E-state index in [-0.39, 0.29) is 29.9 Å². The first kappa shape index (κ1) is 23.4. The summed E-state index contributed by atoms with van der Waals surface area (Å²) < 4.78 is 15.4. The quantitative estimate of drug-likeness (QED) is 0.400. The van der Waals surface area contributed by atoms with E-state index in [9.17, 15) is 9.59 Å². The Labute approximate surface area is 165 Å². The Morgan fingerprint density at radius 1 is 1.26 bits per heavy atom. The van der Waals surface area contributed by atoms with Crippen molar-refractivity contribution in [2.24, 2.45) is 5.41 Å². The number of oxazole rings is 1. The number of hydrogen-bond acceptors (Lipinski definition) is 6. The minimum atomic E-state index is -0.706. The van der Waals surface area contributed by atoms with Gasteiger partial charge in [-0.1, -0.05) is 0 Å². The van der Waals surface area contributed by atoms with Gasteiger partial charge >= 0.3 is 0 Å². The number of rotatable bonds is 13. The molecule has 0 atom stereocenters. The van der Waals surface area contributed by atoms with Crippen LogP contribution in [0, 0.1) is 5.41 Å². The number of alkyl halides is 1. The number of halogens is 1. The maximum atomic E-state index is 12.8. The number of methoxy groups -OCH3 is 2. The Balaban J connectivity index is 2.73. The van der Waals surface area contributed by atoms with Crippen molar-refractivity contribution in [3.8, 4) is 0 Å². The van der Waals surface area contributed by atoms with Gasteiger partial charge in [0, 0.05) is 46.4 Å². The number of ether oxygens (including phenoxy) is 2. The summed E-state index contributed by atoms with van der Waals surface area (Å²) in [6, 6.07) is 0. The van der Waals surface area contributed by atoms with E-state index in [1.165, 1.54) is 6.26 Å². The van der Waals surface area contributed by atoms with E-state index >= 15 is 0 Å². The van der Waals surface area contributed by atoms with Gasteiger partial charge in [0.2, 0.25) is 11.8 Å². The van der Waals surface area contributed by atoms with E-state index in [0.717, 1.165) is 0 Å². The lowest BCUT2D eigenvalue weighted by atomic mass is 9.94. The normalized spacial score (nSPS) is 11.4. The molecule has 0 saturated heterocycles. The third-order valence-electron chi connectivity index (χ3n) is 3.90. The smallest absolute Gasteiger partial charge is 0.273 e. The topological polar surface area (TPSA) is 93.9 Å². The van der Waals surface area contributed by atoms with Crippen LogP contribution in [0.3, 0.4) is 0 Å². The lowest BCUT2D eigenvalue weighted by molar-refractivity contribution is -0.140. The van der Waals surface area contributed by atoms with Crippen LogP contribution in [0.15, 0.2) is 10.7 Å². The zero-order chi connectivity index (χ0) is 20.3. The van der Waals surface area contributed by atoms with E-state index in [4.69, 9.17) is 25.5 Å². The Morgan fingerprint density at radius 3 is 2.56 bits per heavy atom. The van der Waals surface area contributed by atoms with Crippen molar-refractivity contribution in [3.63, 3.8) is 0 Å². The standard InChI is InChI=1S/C18H30ClN3O5/c1-18(2,13-19)17(24)22(8-6-10-26-4)11-15-21-14(12-27-15)16(23)20-7-5-9-25-3/h12H,5-11,13H2,1-4H3,(H,20,23). The van der Waals surface area contributed by atoms with Gasteiger partial charge in [-0.15, -0.1) is 11.6 Å². The van der Waals surface area contributed by atoms with E-state index in [2.05, 4.69) is 10.3 Å². The highest BCUT2D eigenvalue weighted by Crippen LogP contribution is 2.22. The molecular weight excluding hydrogens is 374 g/mol. The van der Waals surface area contributed by atoms with E-state index in [0.29, 0.717) is 45.0 Å². The second-order valence-corrected chi connectivity index (χ2v) is 7.09. The summed E-state index contributed by atoms with van der Waals surface area (Å²) in [5.74, 6) is 0.0813. The molecule has 0 radical (unpaired) electrons. The van der Waals surface area contributed by atoms with Crippen molar-refractivity contribution in [1.82, 2.24) is 15.2 Å². The van der Waals surface area contributed by atoms with Crippen LogP contribution in [-0.2, 0) is 20.8 Å². The van der Waals surface area contributed by atoms with Gasteiger partial charge in [-0.05, 0) is 26.7 Å². The molecule has 1 rings (SSSR count). The van der Waals surface area contributed by atoms with Crippen LogP contribution in [-0.4, -0.2) is 68.1 Å². The molecule has 0 bridgehead atoms. The van der Waals surface area contributed by atoms with Crippen molar-refractivity contribution in [2.45, 2.75) is 33.2 Å². The summed E-state index contributed by atoms with van der Waals surface area (Å²) in [6.45, 7) is 5.82. The molecule has 1 aromatic heterocycles. The third-order valence-corrected chi connectivity index (χ3v) is 4.57. The molecule has 9 heteroatoms. The van der Waals surface area contributed by atoms with Crippen molar-refractivity contribution in [3.05, 3.63) is 17.8 Å². The zero-order valence-corrected chi connectivity index (χ0v) is 17.3. The summed E-state index contributed by atoms with van der Waals surface area (Å²) in [5, 5.41) is 2.74. The van der Waals surface area contributed by atoms with E-state index < -0.39 is 5.41 Å². The Hall–Kier alpha value is -1.64. The van der Waals surface area contributed by atoms with Gasteiger partial charge in [-0.3, -0.25) is 9.59 Å². The summed E-state index contributed by atoms with van der Waals surface area (Å²) in [5.41, 5.74) is -0.522. The molecule has 0 spiro atoms. The molecule has 0 aromatic carbocycles. The number of carbonyl (C=O) groups is 2. The predicted molar refractivity (Wildman–Crippen MR) is 102 cm³/mol. The first-order valence-electron chi connectivity index (χ1n) is 8.91. The van der Waals surface area contributed by atoms with E-state index in [1.54, 1.807) is 33.0 Å². The van der Waals surface area contributed by atoms with E-state index in [1.807, 2.05) is 0 Å². The summed E-state index contributed by atoms with van der Waals surface area (Å²) in [6.07, 6.45) is 2.68. The van der Waals surface area contributed by atoms with Crippen molar-refractivity contribution in [1.29, 1.82) is 0 Å². The molecule has 0 aliphatic carbocycles. The first-order chi connectivity index (χ1) is 12.9. The summed E-state index contributed by atoms with van der Waals surface area (Å²) in [4.78, 5) is 30.7. The number of aromatic nitrogens is 1. The predicted octanol–water partition coefficient (Wildman–Crippen LogP) is 2.07. The molecule has 0 aliphatic heterocycles. The highest BCUT2D eigenvalue weighted by atomic mass is 35.5. The lowest BCUT2D eigenvalue weighted by Gasteiger charge is -2.29. The fourth-order valence-corrected chi connectivity index (χ4v) is 2.41. The second kappa shape index (κ2) is 11.9. The van der Waals surface area contributed by atoms with Crippen LogP contribution in [0.25, 0.3) is 0 Å². The van der Waals surface area contributed by atoms with Crippen LogP contribution >= 0.6 is 11.6 Å². The largest absolute Gasteiger partial charge is 0.446 e. The summed E-state index contributed by atoms with van der Waals surface area (Å²) >= 11 is 5.94. The van der Waals surface area contributed by atoms with Crippen LogP contribution in [0.4, 0.5) is 0 Å². The molecule has 154 valence electrons. The molecule has 0 aliphatic rings. The average Bonchev–Trinajstić information content (AvgIpc) is 3.12. The molecule has 1 aromatic rings. The van der Waals surface area contributed by atoms with Crippen molar-refractivity contribution < 1.29 is 23.5 Å². The third kappa shape index (κ3) is 7.86. The lowest BCUT2D eigenvalue weighted by Crippen LogP contribution is -2.42. The minimum absolute atomic E-state index is 0.0997. The number of hydrogen-bond donors (Lipinski definition) is 1. The molecule has 0 fully saturated rings. The second-order valence-electron chi connectivity index (χ2n) is 6.82. The van der Waals surface area contributed by atoms with Gasteiger partial charge in [0.05, 0.1) is 12.0 Å². The molecule has 2 amide bonds. The van der Waals surface area contributed by atoms with Crippen LogP contribution in [0.1, 0.15) is 43.1 Å². The molecule has 1 N–H and O–H groups in total. The number of amides is 2. The van der Waals surface area contributed by atoms with Crippen molar-refractivity contribution in [2.75, 3.05) is 46.4 Å². The molecule has 8 nitrogen and oxygen atoms in total. The highest BCUT2D eigenvalue weighted by molar-refractivity contribution is 6.19.